The van der Waals surface area contributed by atoms with Crippen molar-refractivity contribution in [1.82, 2.24) is 0 Å². The van der Waals surface area contributed by atoms with Gasteiger partial charge in [0.25, 0.3) is 0 Å². The molecule has 5 heteroatoms. The van der Waals surface area contributed by atoms with E-state index in [2.05, 4.69) is 0 Å². The molecule has 2 nitrogen and oxygen atoms in total. The lowest BCUT2D eigenvalue weighted by Crippen LogP contribution is -2.43. The molecule has 1 fully saturated rings. The second kappa shape index (κ2) is 4.46. The van der Waals surface area contributed by atoms with Crippen LogP contribution in [0.4, 0.5) is 13.2 Å². The zero-order valence-electron chi connectivity index (χ0n) is 10.2. The van der Waals surface area contributed by atoms with Crippen LogP contribution in [0.5, 0.6) is 5.75 Å². The van der Waals surface area contributed by atoms with Gasteiger partial charge in [0.1, 0.15) is 0 Å². The molecule has 0 saturated heterocycles. The molecule has 0 heterocycles. The first-order valence-corrected chi connectivity index (χ1v) is 5.87. The van der Waals surface area contributed by atoms with Crippen LogP contribution < -0.4 is 10.5 Å². The molecule has 2 N–H and O–H groups in total. The van der Waals surface area contributed by atoms with Gasteiger partial charge in [-0.15, -0.1) is 0 Å². The minimum Gasteiger partial charge on any atom is -0.494 e. The van der Waals surface area contributed by atoms with Gasteiger partial charge in [-0.2, -0.15) is 0 Å². The van der Waals surface area contributed by atoms with Gasteiger partial charge in [0, 0.05) is 18.4 Å². The van der Waals surface area contributed by atoms with E-state index in [9.17, 15) is 13.2 Å². The number of methoxy groups -OCH3 is 1. The lowest BCUT2D eigenvalue weighted by Gasteiger charge is -2.37. The van der Waals surface area contributed by atoms with Crippen molar-refractivity contribution in [2.45, 2.75) is 37.1 Å². The lowest BCUT2D eigenvalue weighted by atomic mass is 9.76. The predicted octanol–water partition coefficient (Wildman–Crippen LogP) is 3.20. The van der Waals surface area contributed by atoms with E-state index in [-0.39, 0.29) is 31.4 Å². The highest BCUT2D eigenvalue weighted by Crippen LogP contribution is 2.42. The fourth-order valence-corrected chi connectivity index (χ4v) is 2.33. The van der Waals surface area contributed by atoms with Crippen molar-refractivity contribution in [3.8, 4) is 5.75 Å². The largest absolute Gasteiger partial charge is 0.494 e. The van der Waals surface area contributed by atoms with Gasteiger partial charge < -0.3 is 10.5 Å². The number of nitrogens with two attached hydrogens (primary N) is 1. The first-order chi connectivity index (χ1) is 8.36. The Morgan fingerprint density at radius 2 is 1.78 bits per heavy atom. The molecule has 0 unspecified atom stereocenters. The summed E-state index contributed by atoms with van der Waals surface area (Å²) in [5.41, 5.74) is 5.81. The second-order valence-corrected chi connectivity index (χ2v) is 4.86. The molecule has 1 aliphatic rings. The maximum absolute atomic E-state index is 13.6. The van der Waals surface area contributed by atoms with Crippen LogP contribution in [0.2, 0.25) is 0 Å². The smallest absolute Gasteiger partial charge is 0.248 e. The topological polar surface area (TPSA) is 35.2 Å². The zero-order chi connectivity index (χ0) is 13.4. The van der Waals surface area contributed by atoms with Gasteiger partial charge >= 0.3 is 0 Å². The van der Waals surface area contributed by atoms with E-state index in [1.54, 1.807) is 6.07 Å². The molecule has 1 aliphatic carbocycles. The summed E-state index contributed by atoms with van der Waals surface area (Å²) >= 11 is 0. The summed E-state index contributed by atoms with van der Waals surface area (Å²) in [4.78, 5) is 0. The Hall–Kier alpha value is -1.23. The van der Waals surface area contributed by atoms with Gasteiger partial charge in [-0.1, -0.05) is 6.07 Å². The SMILES string of the molecule is COc1ccc(C2(N)CCC(F)(F)CC2)cc1F. The van der Waals surface area contributed by atoms with Crippen LogP contribution in [0.25, 0.3) is 0 Å². The molecule has 1 aromatic carbocycles. The number of hydrogen-bond acceptors (Lipinski definition) is 2. The maximum atomic E-state index is 13.6. The molecule has 18 heavy (non-hydrogen) atoms. The standard InChI is InChI=1S/C13H16F3NO/c1-18-11-3-2-9(8-10(11)14)12(17)4-6-13(15,16)7-5-12/h2-3,8H,4-7,17H2,1H3. The van der Waals surface area contributed by atoms with Crippen LogP contribution in [-0.2, 0) is 5.54 Å². The Labute approximate surface area is 104 Å². The molecule has 0 aromatic heterocycles. The predicted molar refractivity (Wildman–Crippen MR) is 62.2 cm³/mol. The van der Waals surface area contributed by atoms with Crippen molar-refractivity contribution >= 4 is 0 Å². The average Bonchev–Trinajstić information content (AvgIpc) is 2.33. The minimum atomic E-state index is -2.64. The summed E-state index contributed by atoms with van der Waals surface area (Å²) < 4.78 is 44.6. The van der Waals surface area contributed by atoms with Crippen molar-refractivity contribution in [2.75, 3.05) is 7.11 Å². The summed E-state index contributed by atoms with van der Waals surface area (Å²) in [6.45, 7) is 0. The van der Waals surface area contributed by atoms with Gasteiger partial charge in [-0.05, 0) is 30.5 Å². The van der Waals surface area contributed by atoms with Crippen LogP contribution in [0.1, 0.15) is 31.2 Å². The highest BCUT2D eigenvalue weighted by molar-refractivity contribution is 5.33. The van der Waals surface area contributed by atoms with Crippen molar-refractivity contribution in [2.24, 2.45) is 5.73 Å². The van der Waals surface area contributed by atoms with Crippen LogP contribution in [-0.4, -0.2) is 13.0 Å². The Balaban J connectivity index is 2.23. The molecule has 0 bridgehead atoms. The van der Waals surface area contributed by atoms with E-state index >= 15 is 0 Å². The van der Waals surface area contributed by atoms with Crippen LogP contribution in [0, 0.1) is 5.82 Å². The molecule has 0 radical (unpaired) electrons. The third-order valence-corrected chi connectivity index (χ3v) is 3.60. The van der Waals surface area contributed by atoms with Crippen molar-refractivity contribution < 1.29 is 17.9 Å². The van der Waals surface area contributed by atoms with E-state index in [1.807, 2.05) is 0 Å². The first kappa shape index (κ1) is 13.2. The van der Waals surface area contributed by atoms with E-state index in [1.165, 1.54) is 19.2 Å². The average molecular weight is 259 g/mol. The third kappa shape index (κ3) is 2.46. The molecule has 1 saturated carbocycles. The summed E-state index contributed by atoms with van der Waals surface area (Å²) in [6.07, 6.45) is -0.189. The van der Waals surface area contributed by atoms with Crippen LogP contribution in [0.3, 0.4) is 0 Å². The fourth-order valence-electron chi connectivity index (χ4n) is 2.33. The number of hydrogen-bond donors (Lipinski definition) is 1. The number of ether oxygens (including phenoxy) is 1. The third-order valence-electron chi connectivity index (χ3n) is 3.60. The number of halogens is 3. The lowest BCUT2D eigenvalue weighted by molar-refractivity contribution is -0.0514. The quantitative estimate of drug-likeness (QED) is 0.885. The Bertz CT molecular complexity index is 438. The van der Waals surface area contributed by atoms with Crippen molar-refractivity contribution in [1.29, 1.82) is 0 Å². The first-order valence-electron chi connectivity index (χ1n) is 5.87. The molecule has 100 valence electrons. The summed E-state index contributed by atoms with van der Waals surface area (Å²) in [6, 6.07) is 4.40. The number of alkyl halides is 2. The highest BCUT2D eigenvalue weighted by atomic mass is 19.3. The van der Waals surface area contributed by atoms with Gasteiger partial charge in [0.2, 0.25) is 5.92 Å². The zero-order valence-corrected chi connectivity index (χ0v) is 10.2. The Morgan fingerprint density at radius 3 is 2.28 bits per heavy atom. The van der Waals surface area contributed by atoms with Crippen LogP contribution >= 0.6 is 0 Å². The second-order valence-electron chi connectivity index (χ2n) is 4.86. The van der Waals surface area contributed by atoms with Gasteiger partial charge in [0.05, 0.1) is 7.11 Å². The van der Waals surface area contributed by atoms with Crippen molar-refractivity contribution in [3.63, 3.8) is 0 Å². The Morgan fingerprint density at radius 1 is 1.17 bits per heavy atom. The number of benzene rings is 1. The highest BCUT2D eigenvalue weighted by Gasteiger charge is 2.42. The van der Waals surface area contributed by atoms with Crippen LogP contribution in [0.15, 0.2) is 18.2 Å². The molecular weight excluding hydrogens is 243 g/mol. The molecule has 0 amide bonds. The molecule has 2 rings (SSSR count). The Kier molecular flexibility index (Phi) is 3.27. The van der Waals surface area contributed by atoms with E-state index in [4.69, 9.17) is 10.5 Å². The molecule has 0 spiro atoms. The van der Waals surface area contributed by atoms with E-state index in [0.717, 1.165) is 0 Å². The molecular formula is C13H16F3NO. The van der Waals surface area contributed by atoms with Gasteiger partial charge in [-0.3, -0.25) is 0 Å². The van der Waals surface area contributed by atoms with Crippen molar-refractivity contribution in [3.05, 3.63) is 29.6 Å². The monoisotopic (exact) mass is 259 g/mol. The summed E-state index contributed by atoms with van der Waals surface area (Å²) in [5.74, 6) is -3.03. The summed E-state index contributed by atoms with van der Waals surface area (Å²) in [5, 5.41) is 0. The molecule has 0 atom stereocenters. The van der Waals surface area contributed by atoms with E-state index in [0.29, 0.717) is 5.56 Å². The van der Waals surface area contributed by atoms with Gasteiger partial charge in [0.15, 0.2) is 11.6 Å². The summed E-state index contributed by atoms with van der Waals surface area (Å²) in [7, 11) is 1.37. The fraction of sp³-hybridized carbons (Fsp3) is 0.538. The minimum absolute atomic E-state index is 0.128. The number of rotatable bonds is 2. The van der Waals surface area contributed by atoms with Gasteiger partial charge in [-0.25, -0.2) is 13.2 Å². The van der Waals surface area contributed by atoms with E-state index < -0.39 is 17.3 Å². The normalized spacial score (nSPS) is 21.6. The molecule has 0 aliphatic heterocycles. The maximum Gasteiger partial charge on any atom is 0.248 e. The molecule has 1 aromatic rings.